The second kappa shape index (κ2) is 5.22. The fraction of sp³-hybridized carbons (Fsp3) is 1.00. The van der Waals surface area contributed by atoms with Gasteiger partial charge in [0.1, 0.15) is 0 Å². The number of hydrogen-bond donors (Lipinski definition) is 0. The van der Waals surface area contributed by atoms with Crippen LogP contribution in [0.4, 0.5) is 0 Å². The van der Waals surface area contributed by atoms with E-state index in [1.165, 1.54) is 11.5 Å². The Bertz CT molecular complexity index is 111. The van der Waals surface area contributed by atoms with E-state index in [9.17, 15) is 0 Å². The SMILES string of the molecule is C1SC1C[Se][Se][Se]CC1CS1. The van der Waals surface area contributed by atoms with Gasteiger partial charge in [-0.3, -0.25) is 0 Å². The van der Waals surface area contributed by atoms with Gasteiger partial charge in [-0.2, -0.15) is 0 Å². The van der Waals surface area contributed by atoms with E-state index in [-0.39, 0.29) is 0 Å². The van der Waals surface area contributed by atoms with Crippen molar-refractivity contribution in [2.75, 3.05) is 11.5 Å². The normalized spacial score (nSPS) is 33.8. The first-order valence-electron chi connectivity index (χ1n) is 3.59. The van der Waals surface area contributed by atoms with Gasteiger partial charge < -0.3 is 0 Å². The third-order valence-corrected chi connectivity index (χ3v) is 22.9. The van der Waals surface area contributed by atoms with Gasteiger partial charge in [0, 0.05) is 0 Å². The van der Waals surface area contributed by atoms with Crippen LogP contribution in [0.1, 0.15) is 0 Å². The summed E-state index contributed by atoms with van der Waals surface area (Å²) in [5.74, 6) is 2.98. The van der Waals surface area contributed by atoms with E-state index < -0.39 is 0 Å². The van der Waals surface area contributed by atoms with Crippen LogP contribution < -0.4 is 0 Å². The summed E-state index contributed by atoms with van der Waals surface area (Å²) in [4.78, 5) is 0. The van der Waals surface area contributed by atoms with Gasteiger partial charge in [-0.15, -0.1) is 0 Å². The molecule has 2 rings (SSSR count). The van der Waals surface area contributed by atoms with Gasteiger partial charge in [-0.05, 0) is 0 Å². The molecule has 2 saturated heterocycles. The zero-order valence-corrected chi connectivity index (χ0v) is 12.8. The zero-order valence-electron chi connectivity index (χ0n) is 6.02. The molecule has 2 heterocycles. The molecule has 0 aromatic rings. The molecule has 0 nitrogen and oxygen atoms in total. The Balaban J connectivity index is 1.35. The minimum absolute atomic E-state index is 1.08. The number of hydrogen-bond acceptors (Lipinski definition) is 2. The maximum atomic E-state index is 2.17. The zero-order chi connectivity index (χ0) is 7.52. The summed E-state index contributed by atoms with van der Waals surface area (Å²) < 4.78 is 0. The molecular formula is C6H10S2Se3. The average Bonchev–Trinajstić information content (AvgIpc) is 2.83. The monoisotopic (exact) mass is 386 g/mol. The van der Waals surface area contributed by atoms with Gasteiger partial charge in [0.15, 0.2) is 0 Å². The molecule has 0 saturated carbocycles. The second-order valence-electron chi connectivity index (χ2n) is 2.55. The van der Waals surface area contributed by atoms with Crippen LogP contribution in [0.3, 0.4) is 0 Å². The van der Waals surface area contributed by atoms with E-state index in [0.717, 1.165) is 48.1 Å². The Labute approximate surface area is 92.7 Å². The third kappa shape index (κ3) is 4.88. The second-order valence-corrected chi connectivity index (χ2v) is 22.2. The van der Waals surface area contributed by atoms with Crippen LogP contribution >= 0.6 is 23.5 Å². The molecule has 2 atom stereocenters. The molecule has 2 aliphatic heterocycles. The van der Waals surface area contributed by atoms with Crippen molar-refractivity contribution in [3.05, 3.63) is 0 Å². The molecule has 11 heavy (non-hydrogen) atoms. The summed E-state index contributed by atoms with van der Waals surface area (Å²) in [6.07, 6.45) is 0. The number of rotatable bonds is 6. The van der Waals surface area contributed by atoms with Crippen molar-refractivity contribution in [3.8, 4) is 0 Å². The van der Waals surface area contributed by atoms with Crippen molar-refractivity contribution in [3.63, 3.8) is 0 Å². The summed E-state index contributed by atoms with van der Waals surface area (Å²) >= 11 is 7.63. The van der Waals surface area contributed by atoms with Crippen LogP contribution in [0.5, 0.6) is 0 Å². The van der Waals surface area contributed by atoms with Crippen molar-refractivity contribution < 1.29 is 0 Å². The fourth-order valence-corrected chi connectivity index (χ4v) is 23.1. The first kappa shape index (κ1) is 9.80. The summed E-state index contributed by atoms with van der Waals surface area (Å²) in [6, 6.07) is 0. The van der Waals surface area contributed by atoms with Gasteiger partial charge in [0.05, 0.1) is 0 Å². The number of thioether (sulfide) groups is 2. The molecule has 2 fully saturated rings. The quantitative estimate of drug-likeness (QED) is 0.382. The molecule has 0 spiro atoms. The molecule has 0 aliphatic carbocycles. The molecule has 0 aromatic carbocycles. The summed E-state index contributed by atoms with van der Waals surface area (Å²) in [5, 5.41) is 5.47. The van der Waals surface area contributed by atoms with Crippen LogP contribution in [0.25, 0.3) is 0 Å². The van der Waals surface area contributed by atoms with Gasteiger partial charge in [0.2, 0.25) is 0 Å². The van der Waals surface area contributed by atoms with E-state index in [2.05, 4.69) is 23.5 Å². The Hall–Kier alpha value is 2.26. The average molecular weight is 383 g/mol. The molecule has 0 radical (unpaired) electrons. The summed E-state index contributed by atoms with van der Waals surface area (Å²) in [6.45, 7) is 0. The van der Waals surface area contributed by atoms with Crippen LogP contribution in [-0.4, -0.2) is 59.6 Å². The first-order chi connectivity index (χ1) is 5.45. The van der Waals surface area contributed by atoms with Crippen LogP contribution in [0.2, 0.25) is 10.6 Å². The summed E-state index contributed by atoms with van der Waals surface area (Å²) in [5.41, 5.74) is 0. The minimum atomic E-state index is 1.08. The molecular weight excluding hydrogens is 373 g/mol. The van der Waals surface area contributed by atoms with Crippen molar-refractivity contribution in [2.45, 2.75) is 21.1 Å². The molecule has 2 unspecified atom stereocenters. The molecule has 64 valence electrons. The molecule has 2 aliphatic rings. The Kier molecular flexibility index (Phi) is 4.65. The van der Waals surface area contributed by atoms with E-state index in [0.29, 0.717) is 0 Å². The molecule has 5 heteroatoms. The van der Waals surface area contributed by atoms with Gasteiger partial charge in [-0.25, -0.2) is 0 Å². The van der Waals surface area contributed by atoms with Gasteiger partial charge in [0.25, 0.3) is 0 Å². The van der Waals surface area contributed by atoms with Crippen molar-refractivity contribution in [1.82, 2.24) is 0 Å². The molecule has 0 amide bonds. The molecule has 0 N–H and O–H groups in total. The van der Waals surface area contributed by atoms with Crippen molar-refractivity contribution >= 4 is 61.1 Å². The van der Waals surface area contributed by atoms with Gasteiger partial charge >= 0.3 is 93.7 Å². The van der Waals surface area contributed by atoms with Gasteiger partial charge in [-0.1, -0.05) is 0 Å². The van der Waals surface area contributed by atoms with Crippen molar-refractivity contribution in [1.29, 1.82) is 0 Å². The standard InChI is InChI=1S/C6H10S2Se3/c1-5(7-1)3-9-11-10-4-6-2-8-6/h5-6H,1-4H2. The first-order valence-corrected chi connectivity index (χ1v) is 16.8. The van der Waals surface area contributed by atoms with Crippen LogP contribution in [-0.2, 0) is 0 Å². The van der Waals surface area contributed by atoms with Crippen molar-refractivity contribution in [2.24, 2.45) is 0 Å². The third-order valence-electron chi connectivity index (χ3n) is 1.41. The van der Waals surface area contributed by atoms with Crippen LogP contribution in [0, 0.1) is 0 Å². The van der Waals surface area contributed by atoms with E-state index >= 15 is 0 Å². The molecule has 0 bridgehead atoms. The van der Waals surface area contributed by atoms with Crippen LogP contribution in [0.15, 0.2) is 0 Å². The predicted octanol–water partition coefficient (Wildman–Crippen LogP) is 0.996. The van der Waals surface area contributed by atoms with E-state index in [4.69, 9.17) is 0 Å². The summed E-state index contributed by atoms with van der Waals surface area (Å²) in [7, 11) is 0. The van der Waals surface area contributed by atoms with E-state index in [1.807, 2.05) is 0 Å². The predicted molar refractivity (Wildman–Crippen MR) is 59.4 cm³/mol. The van der Waals surface area contributed by atoms with E-state index in [1.54, 1.807) is 10.6 Å². The topological polar surface area (TPSA) is 0 Å². The fourth-order valence-electron chi connectivity index (χ4n) is 0.570. The molecule has 0 aromatic heterocycles. The Morgan fingerprint density at radius 3 is 1.82 bits per heavy atom. The maximum absolute atomic E-state index is 2.17. The Morgan fingerprint density at radius 1 is 1.00 bits per heavy atom. The Morgan fingerprint density at radius 2 is 1.45 bits per heavy atom.